The first-order valence-corrected chi connectivity index (χ1v) is 7.33. The lowest BCUT2D eigenvalue weighted by Crippen LogP contribution is -2.45. The molecular formula is C15H25NO4. The fourth-order valence-electron chi connectivity index (χ4n) is 2.58. The summed E-state index contributed by atoms with van der Waals surface area (Å²) in [6.07, 6.45) is 8.05. The van der Waals surface area contributed by atoms with Gasteiger partial charge >= 0.3 is 12.1 Å². The van der Waals surface area contributed by atoms with Crippen LogP contribution in [0.15, 0.2) is 12.2 Å². The van der Waals surface area contributed by atoms with Gasteiger partial charge < -0.3 is 9.47 Å². The number of ether oxygens (including phenoxy) is 2. The number of methoxy groups -OCH3 is 1. The highest BCUT2D eigenvalue weighted by Gasteiger charge is 2.41. The Morgan fingerprint density at radius 2 is 2.00 bits per heavy atom. The molecule has 0 saturated carbocycles. The van der Waals surface area contributed by atoms with Crippen LogP contribution >= 0.6 is 0 Å². The van der Waals surface area contributed by atoms with Gasteiger partial charge in [0.15, 0.2) is 0 Å². The molecule has 1 aliphatic rings. The quantitative estimate of drug-likeness (QED) is 0.555. The number of allylic oxidation sites excluding steroid dienone is 2. The van der Waals surface area contributed by atoms with E-state index in [-0.39, 0.29) is 12.0 Å². The van der Waals surface area contributed by atoms with Crippen molar-refractivity contribution in [1.29, 1.82) is 0 Å². The molecule has 1 rings (SSSR count). The van der Waals surface area contributed by atoms with Gasteiger partial charge in [0.25, 0.3) is 0 Å². The highest BCUT2D eigenvalue weighted by Crippen LogP contribution is 2.29. The van der Waals surface area contributed by atoms with Crippen LogP contribution in [0.4, 0.5) is 4.79 Å². The summed E-state index contributed by atoms with van der Waals surface area (Å²) in [5.74, 6) is -0.357. The molecular weight excluding hydrogens is 258 g/mol. The summed E-state index contributed by atoms with van der Waals surface area (Å²) in [7, 11) is 1.35. The number of esters is 1. The largest absolute Gasteiger partial charge is 0.467 e. The van der Waals surface area contributed by atoms with Gasteiger partial charge in [-0.15, -0.1) is 0 Å². The molecule has 1 aliphatic heterocycles. The Morgan fingerprint density at radius 3 is 2.60 bits per heavy atom. The molecule has 0 aromatic rings. The third-order valence-electron chi connectivity index (χ3n) is 3.52. The van der Waals surface area contributed by atoms with E-state index >= 15 is 0 Å². The predicted molar refractivity (Wildman–Crippen MR) is 76.4 cm³/mol. The van der Waals surface area contributed by atoms with Crippen molar-refractivity contribution in [3.8, 4) is 0 Å². The maximum atomic E-state index is 12.1. The van der Waals surface area contributed by atoms with E-state index in [4.69, 9.17) is 9.47 Å². The van der Waals surface area contributed by atoms with Crippen LogP contribution in [-0.2, 0) is 14.3 Å². The van der Waals surface area contributed by atoms with E-state index in [1.54, 1.807) is 11.8 Å². The zero-order valence-electron chi connectivity index (χ0n) is 12.6. The number of carbonyl (C=O) groups excluding carboxylic acids is 2. The highest BCUT2D eigenvalue weighted by atomic mass is 16.6. The van der Waals surface area contributed by atoms with Crippen LogP contribution in [0.5, 0.6) is 0 Å². The van der Waals surface area contributed by atoms with Crippen LogP contribution in [0.2, 0.25) is 0 Å². The second kappa shape index (κ2) is 8.61. The van der Waals surface area contributed by atoms with E-state index in [9.17, 15) is 9.59 Å². The van der Waals surface area contributed by atoms with Gasteiger partial charge in [0, 0.05) is 6.04 Å². The zero-order chi connectivity index (χ0) is 15.0. The molecule has 20 heavy (non-hydrogen) atoms. The first kappa shape index (κ1) is 16.5. The minimum atomic E-state index is -0.501. The molecule has 1 heterocycles. The first-order valence-electron chi connectivity index (χ1n) is 7.33. The van der Waals surface area contributed by atoms with Gasteiger partial charge in [-0.3, -0.25) is 4.90 Å². The molecule has 0 aromatic carbocycles. The second-order valence-corrected chi connectivity index (χ2v) is 4.83. The van der Waals surface area contributed by atoms with Gasteiger partial charge in [0.1, 0.15) is 6.04 Å². The second-order valence-electron chi connectivity index (χ2n) is 4.83. The van der Waals surface area contributed by atoms with Crippen LogP contribution in [-0.4, -0.2) is 42.8 Å². The van der Waals surface area contributed by atoms with Gasteiger partial charge in [0.2, 0.25) is 0 Å². The molecule has 0 spiro atoms. The minimum absolute atomic E-state index is 0.0552. The van der Waals surface area contributed by atoms with Crippen LogP contribution in [0, 0.1) is 0 Å². The normalized spacial score (nSPS) is 22.2. The lowest BCUT2D eigenvalue weighted by Gasteiger charge is -2.27. The number of nitrogens with zero attached hydrogens (tertiary/aromatic N) is 1. The molecule has 0 aliphatic carbocycles. The van der Waals surface area contributed by atoms with Crippen LogP contribution in [0.25, 0.3) is 0 Å². The minimum Gasteiger partial charge on any atom is -0.467 e. The third-order valence-corrected chi connectivity index (χ3v) is 3.52. The number of likely N-dealkylation sites (tertiary alicyclic amines) is 1. The van der Waals surface area contributed by atoms with Gasteiger partial charge in [0.05, 0.1) is 13.7 Å². The molecule has 114 valence electrons. The van der Waals surface area contributed by atoms with Crippen molar-refractivity contribution in [2.75, 3.05) is 13.7 Å². The summed E-state index contributed by atoms with van der Waals surface area (Å²) in [5, 5.41) is 0. The highest BCUT2D eigenvalue weighted by molar-refractivity contribution is 5.82. The van der Waals surface area contributed by atoms with E-state index in [0.717, 1.165) is 25.7 Å². The fourth-order valence-corrected chi connectivity index (χ4v) is 2.58. The van der Waals surface area contributed by atoms with Crippen molar-refractivity contribution < 1.29 is 19.1 Å². The SMILES string of the molecule is CC/C=C\CC[C@H]1CC[C@@H](C(=O)OC)N1C(=O)OCC. The van der Waals surface area contributed by atoms with Gasteiger partial charge in [-0.2, -0.15) is 0 Å². The Bertz CT molecular complexity index is 354. The molecule has 5 heteroatoms. The number of amides is 1. The molecule has 2 atom stereocenters. The van der Waals surface area contributed by atoms with Crippen molar-refractivity contribution in [3.63, 3.8) is 0 Å². The van der Waals surface area contributed by atoms with Crippen molar-refractivity contribution in [1.82, 2.24) is 4.90 Å². The molecule has 0 bridgehead atoms. The summed E-state index contributed by atoms with van der Waals surface area (Å²) in [6, 6.07) is -0.445. The van der Waals surface area contributed by atoms with E-state index in [1.165, 1.54) is 7.11 Å². The summed E-state index contributed by atoms with van der Waals surface area (Å²) in [6.45, 7) is 4.16. The molecule has 0 unspecified atom stereocenters. The summed E-state index contributed by atoms with van der Waals surface area (Å²) >= 11 is 0. The topological polar surface area (TPSA) is 55.8 Å². The van der Waals surface area contributed by atoms with Crippen LogP contribution in [0.3, 0.4) is 0 Å². The number of rotatable bonds is 6. The average Bonchev–Trinajstić information content (AvgIpc) is 2.87. The maximum Gasteiger partial charge on any atom is 0.410 e. The maximum absolute atomic E-state index is 12.1. The molecule has 5 nitrogen and oxygen atoms in total. The van der Waals surface area contributed by atoms with Crippen molar-refractivity contribution in [2.24, 2.45) is 0 Å². The van der Waals surface area contributed by atoms with Crippen LogP contribution in [0.1, 0.15) is 46.0 Å². The Labute approximate surface area is 120 Å². The van der Waals surface area contributed by atoms with E-state index in [1.807, 2.05) is 0 Å². The van der Waals surface area contributed by atoms with E-state index in [0.29, 0.717) is 13.0 Å². The number of carbonyl (C=O) groups is 2. The fraction of sp³-hybridized carbons (Fsp3) is 0.733. The first-order chi connectivity index (χ1) is 9.65. The number of hydrogen-bond acceptors (Lipinski definition) is 4. The Balaban J connectivity index is 2.70. The van der Waals surface area contributed by atoms with Gasteiger partial charge in [-0.1, -0.05) is 19.1 Å². The van der Waals surface area contributed by atoms with Gasteiger partial charge in [-0.05, 0) is 39.0 Å². The standard InChI is InChI=1S/C15H25NO4/c1-4-6-7-8-9-12-10-11-13(14(17)19-3)16(12)15(18)20-5-2/h6-7,12-13H,4-5,8-11H2,1-3H3/b7-6-/t12-,13-/m0/s1. The molecule has 0 N–H and O–H groups in total. The Hall–Kier alpha value is -1.52. The van der Waals surface area contributed by atoms with Gasteiger partial charge in [-0.25, -0.2) is 9.59 Å². The summed E-state index contributed by atoms with van der Waals surface area (Å²) in [5.41, 5.74) is 0. The zero-order valence-corrected chi connectivity index (χ0v) is 12.6. The van der Waals surface area contributed by atoms with E-state index in [2.05, 4.69) is 19.1 Å². The summed E-state index contributed by atoms with van der Waals surface area (Å²) in [4.78, 5) is 25.4. The molecule has 1 saturated heterocycles. The molecule has 0 radical (unpaired) electrons. The average molecular weight is 283 g/mol. The van der Waals surface area contributed by atoms with Crippen molar-refractivity contribution in [2.45, 2.75) is 58.0 Å². The smallest absolute Gasteiger partial charge is 0.410 e. The Morgan fingerprint density at radius 1 is 1.25 bits per heavy atom. The lowest BCUT2D eigenvalue weighted by atomic mass is 10.1. The lowest BCUT2D eigenvalue weighted by molar-refractivity contribution is -0.145. The predicted octanol–water partition coefficient (Wildman–Crippen LogP) is 2.90. The Kier molecular flexibility index (Phi) is 7.12. The number of hydrogen-bond donors (Lipinski definition) is 0. The van der Waals surface area contributed by atoms with Crippen molar-refractivity contribution >= 4 is 12.1 Å². The monoisotopic (exact) mass is 283 g/mol. The van der Waals surface area contributed by atoms with Crippen LogP contribution < -0.4 is 0 Å². The van der Waals surface area contributed by atoms with E-state index < -0.39 is 12.1 Å². The molecule has 0 aromatic heterocycles. The van der Waals surface area contributed by atoms with Crippen molar-refractivity contribution in [3.05, 3.63) is 12.2 Å². The molecule has 1 amide bonds. The molecule has 1 fully saturated rings. The third kappa shape index (κ3) is 4.25. The summed E-state index contributed by atoms with van der Waals surface area (Å²) < 4.78 is 9.85.